The van der Waals surface area contributed by atoms with Gasteiger partial charge in [0.25, 0.3) is 0 Å². The number of aliphatic hydroxyl groups excluding tert-OH is 2. The van der Waals surface area contributed by atoms with Crippen LogP contribution >= 0.6 is 0 Å². The molecule has 0 saturated heterocycles. The van der Waals surface area contributed by atoms with Crippen LogP contribution in [0.3, 0.4) is 0 Å². The quantitative estimate of drug-likeness (QED) is 0.0320. The van der Waals surface area contributed by atoms with Crippen LogP contribution in [0.2, 0.25) is 0 Å². The van der Waals surface area contributed by atoms with Crippen LogP contribution in [0.25, 0.3) is 0 Å². The summed E-state index contributed by atoms with van der Waals surface area (Å²) in [4.78, 5) is 24.5. The third-order valence-electron chi connectivity index (χ3n) is 16.6. The SMILES string of the molecule is CCCCC/C=C\C/C=C\CCCCCCCC(=O)OCCCCCCCCCCCCCCCCCCCC/C=C\CCCCCCCCCCCCCCCCCCCC(=O)NC(CO)C(O)/C=C/CCCCCCCCC. The molecule has 6 nitrogen and oxygen atoms in total. The monoisotopic (exact) mass is 1120 g/mol. The van der Waals surface area contributed by atoms with Gasteiger partial charge in [-0.15, -0.1) is 0 Å². The van der Waals surface area contributed by atoms with Crippen molar-refractivity contribution in [1.82, 2.24) is 5.32 Å². The molecule has 470 valence electrons. The highest BCUT2D eigenvalue weighted by Crippen LogP contribution is 2.18. The average Bonchev–Trinajstić information content (AvgIpc) is 3.46. The molecule has 0 aromatic heterocycles. The van der Waals surface area contributed by atoms with Gasteiger partial charge >= 0.3 is 5.97 Å². The van der Waals surface area contributed by atoms with Crippen molar-refractivity contribution in [2.75, 3.05) is 13.2 Å². The summed E-state index contributed by atoms with van der Waals surface area (Å²) in [7, 11) is 0. The lowest BCUT2D eigenvalue weighted by molar-refractivity contribution is -0.143. The smallest absolute Gasteiger partial charge is 0.305 e. The Balaban J connectivity index is 3.31. The van der Waals surface area contributed by atoms with Crippen LogP contribution in [0.4, 0.5) is 0 Å². The van der Waals surface area contributed by atoms with Crippen molar-refractivity contribution in [2.45, 2.75) is 398 Å². The largest absolute Gasteiger partial charge is 0.466 e. The number of ether oxygens (including phenoxy) is 1. The van der Waals surface area contributed by atoms with E-state index in [0.717, 1.165) is 51.4 Å². The maximum atomic E-state index is 12.4. The predicted molar refractivity (Wildman–Crippen MR) is 352 cm³/mol. The van der Waals surface area contributed by atoms with Gasteiger partial charge < -0.3 is 20.3 Å². The van der Waals surface area contributed by atoms with Crippen LogP contribution in [-0.4, -0.2) is 47.4 Å². The Kier molecular flexibility index (Phi) is 67.4. The molecule has 0 aliphatic heterocycles. The minimum atomic E-state index is -0.839. The molecule has 0 rings (SSSR count). The molecule has 0 saturated carbocycles. The van der Waals surface area contributed by atoms with Gasteiger partial charge in [-0.25, -0.2) is 0 Å². The maximum absolute atomic E-state index is 12.4. The number of nitrogens with one attached hydrogen (secondary N) is 1. The van der Waals surface area contributed by atoms with E-state index in [-0.39, 0.29) is 18.5 Å². The molecule has 0 aliphatic carbocycles. The normalized spacial score (nSPS) is 12.8. The molecular weight excluding hydrogens is 983 g/mol. The zero-order chi connectivity index (χ0) is 57.8. The highest BCUT2D eigenvalue weighted by atomic mass is 16.5. The molecule has 0 spiro atoms. The van der Waals surface area contributed by atoms with Crippen molar-refractivity contribution < 1.29 is 24.5 Å². The fourth-order valence-corrected chi connectivity index (χ4v) is 11.1. The highest BCUT2D eigenvalue weighted by molar-refractivity contribution is 5.76. The van der Waals surface area contributed by atoms with Crippen LogP contribution in [0.15, 0.2) is 48.6 Å². The van der Waals surface area contributed by atoms with Gasteiger partial charge in [0.05, 0.1) is 25.4 Å². The fourth-order valence-electron chi connectivity index (χ4n) is 11.1. The summed E-state index contributed by atoms with van der Waals surface area (Å²) in [6.45, 7) is 4.86. The number of hydrogen-bond acceptors (Lipinski definition) is 5. The number of hydrogen-bond donors (Lipinski definition) is 3. The molecule has 0 aromatic carbocycles. The average molecular weight is 1120 g/mol. The third-order valence-corrected chi connectivity index (χ3v) is 16.6. The number of rotatable bonds is 67. The lowest BCUT2D eigenvalue weighted by Crippen LogP contribution is -2.45. The molecule has 1 amide bonds. The second kappa shape index (κ2) is 69.3. The summed E-state index contributed by atoms with van der Waals surface area (Å²) in [5, 5.41) is 23.0. The van der Waals surface area contributed by atoms with E-state index in [1.165, 1.54) is 308 Å². The Hall–Kier alpha value is -2.18. The van der Waals surface area contributed by atoms with E-state index in [1.807, 2.05) is 6.08 Å². The molecule has 3 N–H and O–H groups in total. The number of unbranched alkanes of at least 4 members (excludes halogenated alkanes) is 50. The van der Waals surface area contributed by atoms with Gasteiger partial charge in [0, 0.05) is 12.8 Å². The van der Waals surface area contributed by atoms with Gasteiger partial charge in [0.1, 0.15) is 0 Å². The zero-order valence-corrected chi connectivity index (χ0v) is 53.8. The number of esters is 1. The van der Waals surface area contributed by atoms with Gasteiger partial charge in [0.15, 0.2) is 0 Å². The lowest BCUT2D eigenvalue weighted by atomic mass is 10.0. The number of carbonyl (C=O) groups is 2. The van der Waals surface area contributed by atoms with E-state index in [0.29, 0.717) is 19.4 Å². The molecule has 0 heterocycles. The first-order valence-electron chi connectivity index (χ1n) is 35.9. The second-order valence-corrected chi connectivity index (χ2v) is 24.6. The van der Waals surface area contributed by atoms with Crippen molar-refractivity contribution in [1.29, 1.82) is 0 Å². The van der Waals surface area contributed by atoms with Crippen molar-refractivity contribution in [3.05, 3.63) is 48.6 Å². The number of allylic oxidation sites excluding steroid dienone is 7. The first kappa shape index (κ1) is 77.8. The van der Waals surface area contributed by atoms with Crippen molar-refractivity contribution >= 4 is 11.9 Å². The van der Waals surface area contributed by atoms with Gasteiger partial charge in [-0.05, 0) is 89.9 Å². The highest BCUT2D eigenvalue weighted by Gasteiger charge is 2.18. The van der Waals surface area contributed by atoms with Gasteiger partial charge in [0.2, 0.25) is 5.91 Å². The third kappa shape index (κ3) is 65.0. The van der Waals surface area contributed by atoms with E-state index in [9.17, 15) is 19.8 Å². The molecule has 2 atom stereocenters. The van der Waals surface area contributed by atoms with Gasteiger partial charge in [-0.2, -0.15) is 0 Å². The van der Waals surface area contributed by atoms with Crippen LogP contribution in [0.5, 0.6) is 0 Å². The Morgan fingerprint density at radius 1 is 0.350 bits per heavy atom. The number of aliphatic hydroxyl groups is 2. The maximum Gasteiger partial charge on any atom is 0.305 e. The van der Waals surface area contributed by atoms with Gasteiger partial charge in [-0.3, -0.25) is 9.59 Å². The van der Waals surface area contributed by atoms with Crippen LogP contribution < -0.4 is 5.32 Å². The Bertz CT molecular complexity index is 1340. The molecule has 0 aromatic rings. The lowest BCUT2D eigenvalue weighted by Gasteiger charge is -2.20. The molecular formula is C74H139NO5. The van der Waals surface area contributed by atoms with Crippen LogP contribution in [-0.2, 0) is 14.3 Å². The van der Waals surface area contributed by atoms with E-state index in [2.05, 4.69) is 55.6 Å². The standard InChI is InChI=1S/C74H139NO5/c1-3-5-7-9-11-13-14-15-41-45-48-52-56-60-64-68-74(79)80-69-65-61-57-53-49-46-43-40-38-36-34-32-30-28-26-24-22-20-18-16-17-19-21-23-25-27-29-31-33-35-37-39-42-44-47-51-55-59-63-67-73(78)75-71(70-76)72(77)66-62-58-54-50-12-10-8-6-4-2/h11,13,15-17,41,62,66,71-72,76-77H,3-10,12,14,18-40,42-61,63-65,67-70H2,1-2H3,(H,75,78)/b13-11-,17-16-,41-15-,66-62+. The summed E-state index contributed by atoms with van der Waals surface area (Å²) < 4.78 is 5.49. The molecule has 0 radical (unpaired) electrons. The minimum absolute atomic E-state index is 0.00818. The first-order valence-corrected chi connectivity index (χ1v) is 35.9. The van der Waals surface area contributed by atoms with E-state index >= 15 is 0 Å². The molecule has 0 aliphatic rings. The summed E-state index contributed by atoms with van der Waals surface area (Å²) >= 11 is 0. The van der Waals surface area contributed by atoms with Gasteiger partial charge in [-0.1, -0.05) is 332 Å². The van der Waals surface area contributed by atoms with E-state index in [1.54, 1.807) is 6.08 Å². The number of carbonyl (C=O) groups excluding carboxylic acids is 2. The van der Waals surface area contributed by atoms with Crippen molar-refractivity contribution in [2.24, 2.45) is 0 Å². The fraction of sp³-hybridized carbons (Fsp3) is 0.865. The molecule has 0 fully saturated rings. The number of amides is 1. The Labute approximate surface area is 499 Å². The summed E-state index contributed by atoms with van der Waals surface area (Å²) in [6, 6.07) is -0.622. The van der Waals surface area contributed by atoms with Crippen molar-refractivity contribution in [3.8, 4) is 0 Å². The summed E-state index contributed by atoms with van der Waals surface area (Å²) in [5.41, 5.74) is 0. The van der Waals surface area contributed by atoms with E-state index < -0.39 is 12.1 Å². The first-order chi connectivity index (χ1) is 39.5. The zero-order valence-electron chi connectivity index (χ0n) is 53.8. The van der Waals surface area contributed by atoms with Crippen LogP contribution in [0, 0.1) is 0 Å². The summed E-state index contributed by atoms with van der Waals surface area (Å²) in [6.07, 6.45) is 90.9. The minimum Gasteiger partial charge on any atom is -0.466 e. The topological polar surface area (TPSA) is 95.9 Å². The Morgan fingerprint density at radius 3 is 0.988 bits per heavy atom. The van der Waals surface area contributed by atoms with Crippen LogP contribution in [0.1, 0.15) is 386 Å². The van der Waals surface area contributed by atoms with Crippen molar-refractivity contribution in [3.63, 3.8) is 0 Å². The van der Waals surface area contributed by atoms with E-state index in [4.69, 9.17) is 4.74 Å². The molecule has 0 bridgehead atoms. The molecule has 2 unspecified atom stereocenters. The second-order valence-electron chi connectivity index (χ2n) is 24.6. The molecule has 6 heteroatoms. The molecule has 80 heavy (non-hydrogen) atoms. The predicted octanol–water partition coefficient (Wildman–Crippen LogP) is 23.3. The Morgan fingerprint density at radius 2 is 0.625 bits per heavy atom. The summed E-state index contributed by atoms with van der Waals surface area (Å²) in [5.74, 6) is -0.0572.